The van der Waals surface area contributed by atoms with Crippen LogP contribution in [0.25, 0.3) is 16.3 Å². The number of benzene rings is 1. The van der Waals surface area contributed by atoms with Crippen LogP contribution in [-0.4, -0.2) is 20.9 Å². The summed E-state index contributed by atoms with van der Waals surface area (Å²) in [6.07, 6.45) is 0. The summed E-state index contributed by atoms with van der Waals surface area (Å²) in [5, 5.41) is 25.4. The van der Waals surface area contributed by atoms with Gasteiger partial charge in [0.2, 0.25) is 0 Å². The van der Waals surface area contributed by atoms with Gasteiger partial charge in [0, 0.05) is 5.02 Å². The molecular formula is C15H7Cl2N3O2S. The monoisotopic (exact) mass is 363 g/mol. The Labute approximate surface area is 144 Å². The van der Waals surface area contributed by atoms with Gasteiger partial charge in [-0.1, -0.05) is 29.3 Å². The quantitative estimate of drug-likeness (QED) is 0.743. The number of carbonyl (C=O) groups is 1. The van der Waals surface area contributed by atoms with Crippen LogP contribution in [0.3, 0.4) is 0 Å². The van der Waals surface area contributed by atoms with Crippen LogP contribution in [0.5, 0.6) is 0 Å². The summed E-state index contributed by atoms with van der Waals surface area (Å²) in [7, 11) is 0. The van der Waals surface area contributed by atoms with Crippen LogP contribution in [0.15, 0.2) is 35.7 Å². The van der Waals surface area contributed by atoms with Crippen molar-refractivity contribution in [3.05, 3.63) is 57.0 Å². The molecule has 0 amide bonds. The molecule has 8 heteroatoms. The van der Waals surface area contributed by atoms with Gasteiger partial charge in [0.25, 0.3) is 0 Å². The molecule has 3 rings (SSSR count). The SMILES string of the molecule is N#Cc1c(C(=O)O)nn(-c2ccc(Cl)cc2Cl)c1-c1cccs1. The Balaban J connectivity index is 2.36. The van der Waals surface area contributed by atoms with Crippen molar-refractivity contribution in [1.29, 1.82) is 5.26 Å². The number of aromatic carboxylic acids is 1. The molecule has 1 N–H and O–H groups in total. The van der Waals surface area contributed by atoms with Gasteiger partial charge >= 0.3 is 5.97 Å². The summed E-state index contributed by atoms with van der Waals surface area (Å²) < 4.78 is 1.37. The van der Waals surface area contributed by atoms with E-state index in [1.165, 1.54) is 22.1 Å². The van der Waals surface area contributed by atoms with E-state index in [9.17, 15) is 15.2 Å². The molecule has 23 heavy (non-hydrogen) atoms. The minimum atomic E-state index is -1.27. The molecule has 0 atom stereocenters. The van der Waals surface area contributed by atoms with Crippen LogP contribution in [0.2, 0.25) is 10.0 Å². The van der Waals surface area contributed by atoms with E-state index in [0.717, 1.165) is 0 Å². The van der Waals surface area contributed by atoms with E-state index in [0.29, 0.717) is 26.3 Å². The highest BCUT2D eigenvalue weighted by Crippen LogP contribution is 2.34. The maximum absolute atomic E-state index is 11.4. The fraction of sp³-hybridized carbons (Fsp3) is 0. The number of hydrogen-bond acceptors (Lipinski definition) is 4. The van der Waals surface area contributed by atoms with E-state index in [2.05, 4.69) is 5.10 Å². The first-order valence-corrected chi connectivity index (χ1v) is 7.92. The molecule has 1 aromatic carbocycles. The Morgan fingerprint density at radius 1 is 1.35 bits per heavy atom. The van der Waals surface area contributed by atoms with Crippen molar-refractivity contribution in [2.75, 3.05) is 0 Å². The van der Waals surface area contributed by atoms with Gasteiger partial charge in [0.1, 0.15) is 17.3 Å². The summed E-state index contributed by atoms with van der Waals surface area (Å²) in [6.45, 7) is 0. The van der Waals surface area contributed by atoms with Gasteiger partial charge in [-0.25, -0.2) is 9.48 Å². The van der Waals surface area contributed by atoms with E-state index in [-0.39, 0.29) is 11.3 Å². The van der Waals surface area contributed by atoms with E-state index >= 15 is 0 Å². The summed E-state index contributed by atoms with van der Waals surface area (Å²) in [6, 6.07) is 10.3. The van der Waals surface area contributed by atoms with Crippen molar-refractivity contribution in [2.24, 2.45) is 0 Å². The maximum atomic E-state index is 11.4. The standard InChI is InChI=1S/C15H7Cl2N3O2S/c16-8-3-4-11(10(17)6-8)20-14(12-2-1-5-23-12)9(7-18)13(19-20)15(21)22/h1-6H,(H,21,22). The van der Waals surface area contributed by atoms with Crippen molar-refractivity contribution in [3.63, 3.8) is 0 Å². The largest absolute Gasteiger partial charge is 0.476 e. The fourth-order valence-corrected chi connectivity index (χ4v) is 3.39. The van der Waals surface area contributed by atoms with Gasteiger partial charge in [-0.3, -0.25) is 0 Å². The van der Waals surface area contributed by atoms with Gasteiger partial charge in [-0.2, -0.15) is 10.4 Å². The third kappa shape index (κ3) is 2.70. The lowest BCUT2D eigenvalue weighted by Crippen LogP contribution is -2.02. The average Bonchev–Trinajstić information content (AvgIpc) is 3.13. The topological polar surface area (TPSA) is 78.9 Å². The second-order valence-electron chi connectivity index (χ2n) is 4.47. The average molecular weight is 364 g/mol. The predicted octanol–water partition coefficient (Wildman–Crippen LogP) is 4.48. The van der Waals surface area contributed by atoms with Gasteiger partial charge in [0.15, 0.2) is 5.69 Å². The zero-order valence-electron chi connectivity index (χ0n) is 11.3. The minimum Gasteiger partial charge on any atom is -0.476 e. The molecule has 5 nitrogen and oxygen atoms in total. The molecule has 2 heterocycles. The van der Waals surface area contributed by atoms with E-state index in [1.54, 1.807) is 18.2 Å². The molecule has 3 aromatic rings. The van der Waals surface area contributed by atoms with Gasteiger partial charge in [-0.05, 0) is 29.6 Å². The lowest BCUT2D eigenvalue weighted by molar-refractivity contribution is 0.0689. The molecule has 0 aliphatic heterocycles. The van der Waals surface area contributed by atoms with Crippen LogP contribution >= 0.6 is 34.5 Å². The van der Waals surface area contributed by atoms with E-state index < -0.39 is 5.97 Å². The second kappa shape index (κ2) is 6.05. The molecule has 0 saturated heterocycles. The second-order valence-corrected chi connectivity index (χ2v) is 6.27. The number of nitriles is 1. The zero-order chi connectivity index (χ0) is 16.6. The fourth-order valence-electron chi connectivity index (χ4n) is 2.14. The van der Waals surface area contributed by atoms with Crippen LogP contribution in [-0.2, 0) is 0 Å². The van der Waals surface area contributed by atoms with Crippen LogP contribution in [0, 0.1) is 11.3 Å². The van der Waals surface area contributed by atoms with E-state index in [1.807, 2.05) is 17.5 Å². The maximum Gasteiger partial charge on any atom is 0.357 e. The molecule has 0 bridgehead atoms. The molecule has 114 valence electrons. The van der Waals surface area contributed by atoms with Crippen LogP contribution in [0.1, 0.15) is 16.1 Å². The summed E-state index contributed by atoms with van der Waals surface area (Å²) in [4.78, 5) is 12.1. The number of rotatable bonds is 3. The molecular weight excluding hydrogens is 357 g/mol. The summed E-state index contributed by atoms with van der Waals surface area (Å²) >= 11 is 13.5. The highest BCUT2D eigenvalue weighted by molar-refractivity contribution is 7.13. The lowest BCUT2D eigenvalue weighted by Gasteiger charge is -2.08. The highest BCUT2D eigenvalue weighted by Gasteiger charge is 2.25. The molecule has 0 radical (unpaired) electrons. The molecule has 0 spiro atoms. The third-order valence-corrected chi connectivity index (χ3v) is 4.51. The predicted molar refractivity (Wildman–Crippen MR) is 88.6 cm³/mol. The van der Waals surface area contributed by atoms with Gasteiger partial charge in [-0.15, -0.1) is 11.3 Å². The van der Waals surface area contributed by atoms with Crippen molar-refractivity contribution in [1.82, 2.24) is 9.78 Å². The molecule has 0 fully saturated rings. The first-order valence-electron chi connectivity index (χ1n) is 6.28. The molecule has 0 aliphatic carbocycles. The minimum absolute atomic E-state index is 0.00836. The number of hydrogen-bond donors (Lipinski definition) is 1. The number of aromatic nitrogens is 2. The number of carboxylic acid groups (broad SMARTS) is 1. The molecule has 0 unspecified atom stereocenters. The van der Waals surface area contributed by atoms with Gasteiger partial charge < -0.3 is 5.11 Å². The van der Waals surface area contributed by atoms with Gasteiger partial charge in [0.05, 0.1) is 15.6 Å². The number of nitrogens with zero attached hydrogens (tertiary/aromatic N) is 3. The van der Waals surface area contributed by atoms with Crippen molar-refractivity contribution < 1.29 is 9.90 Å². The molecule has 0 saturated carbocycles. The Morgan fingerprint density at radius 2 is 2.13 bits per heavy atom. The molecule has 2 aromatic heterocycles. The molecule has 0 aliphatic rings. The van der Waals surface area contributed by atoms with Crippen molar-refractivity contribution in [3.8, 4) is 22.3 Å². The Kier molecular flexibility index (Phi) is 4.09. The van der Waals surface area contributed by atoms with Crippen LogP contribution < -0.4 is 0 Å². The van der Waals surface area contributed by atoms with Crippen LogP contribution in [0.4, 0.5) is 0 Å². The number of thiophene rings is 1. The third-order valence-electron chi connectivity index (χ3n) is 3.09. The number of halogens is 2. The smallest absolute Gasteiger partial charge is 0.357 e. The zero-order valence-corrected chi connectivity index (χ0v) is 13.7. The van der Waals surface area contributed by atoms with Crippen molar-refractivity contribution in [2.45, 2.75) is 0 Å². The Bertz CT molecular complexity index is 943. The van der Waals surface area contributed by atoms with E-state index in [4.69, 9.17) is 23.2 Å². The highest BCUT2D eigenvalue weighted by atomic mass is 35.5. The first kappa shape index (κ1) is 15.6. The Hall–Kier alpha value is -2.33. The lowest BCUT2D eigenvalue weighted by atomic mass is 10.1. The normalized spacial score (nSPS) is 10.5. The Morgan fingerprint density at radius 3 is 2.70 bits per heavy atom. The number of carboxylic acids is 1. The summed E-state index contributed by atoms with van der Waals surface area (Å²) in [5.41, 5.74) is 0.514. The summed E-state index contributed by atoms with van der Waals surface area (Å²) in [5.74, 6) is -1.27. The first-order chi connectivity index (χ1) is 11.0. The van der Waals surface area contributed by atoms with Crippen molar-refractivity contribution >= 4 is 40.5 Å².